The van der Waals surface area contributed by atoms with Gasteiger partial charge in [-0.1, -0.05) is 261 Å². The summed E-state index contributed by atoms with van der Waals surface area (Å²) in [5.41, 5.74) is 24.2. The van der Waals surface area contributed by atoms with Crippen molar-refractivity contribution in [2.75, 3.05) is 9.80 Å². The summed E-state index contributed by atoms with van der Waals surface area (Å²) in [5.74, 6) is 0. The van der Waals surface area contributed by atoms with Gasteiger partial charge in [-0.05, 0) is 132 Å². The smallest absolute Gasteiger partial charge is 0.252 e. The molecule has 0 aromatic heterocycles. The van der Waals surface area contributed by atoms with Gasteiger partial charge in [0.2, 0.25) is 0 Å². The molecule has 0 atom stereocenters. The molecule has 0 N–H and O–H groups in total. The van der Waals surface area contributed by atoms with Gasteiger partial charge in [-0.3, -0.25) is 0 Å². The molecule has 14 rings (SSSR count). The highest BCUT2D eigenvalue weighted by molar-refractivity contribution is 7.00. The van der Waals surface area contributed by atoms with Crippen molar-refractivity contribution < 1.29 is 0 Å². The van der Waals surface area contributed by atoms with Crippen LogP contribution in [-0.2, 0) is 5.41 Å². The van der Waals surface area contributed by atoms with Crippen LogP contribution >= 0.6 is 0 Å². The van der Waals surface area contributed by atoms with Crippen molar-refractivity contribution in [2.24, 2.45) is 0 Å². The maximum atomic E-state index is 2.56. The average Bonchev–Trinajstić information content (AvgIpc) is 3.52. The zero-order valence-electron chi connectivity index (χ0n) is 41.9. The summed E-state index contributed by atoms with van der Waals surface area (Å²) < 4.78 is 0. The second kappa shape index (κ2) is 19.0. The van der Waals surface area contributed by atoms with E-state index in [4.69, 9.17) is 0 Å². The van der Waals surface area contributed by atoms with E-state index in [1.807, 2.05) is 0 Å². The van der Waals surface area contributed by atoms with E-state index < -0.39 is 5.41 Å². The molecule has 356 valence electrons. The molecule has 2 aliphatic heterocycles. The third-order valence-corrected chi connectivity index (χ3v) is 15.8. The number of anilines is 6. The molecule has 76 heavy (non-hydrogen) atoms. The molecule has 12 aromatic rings. The molecule has 0 bridgehead atoms. The minimum atomic E-state index is -0.731. The van der Waals surface area contributed by atoms with Crippen molar-refractivity contribution >= 4 is 57.2 Å². The predicted molar refractivity (Wildman–Crippen MR) is 321 cm³/mol. The Kier molecular flexibility index (Phi) is 11.2. The summed E-state index contributed by atoms with van der Waals surface area (Å²) in [6.45, 7) is -0.129. The summed E-state index contributed by atoms with van der Waals surface area (Å²) in [7, 11) is 0. The van der Waals surface area contributed by atoms with E-state index in [-0.39, 0.29) is 6.71 Å². The molecule has 0 saturated heterocycles. The Balaban J connectivity index is 1.12. The Morgan fingerprint density at radius 1 is 0.224 bits per heavy atom. The molecule has 0 radical (unpaired) electrons. The fourth-order valence-corrected chi connectivity index (χ4v) is 12.3. The largest absolute Gasteiger partial charge is 0.311 e. The van der Waals surface area contributed by atoms with E-state index in [0.29, 0.717) is 0 Å². The molecule has 0 saturated carbocycles. The molecular weight excluding hydrogens is 916 g/mol. The van der Waals surface area contributed by atoms with Crippen LogP contribution in [-0.4, -0.2) is 6.71 Å². The average molecular weight is 967 g/mol. The molecule has 0 aliphatic carbocycles. The van der Waals surface area contributed by atoms with E-state index in [2.05, 4.69) is 319 Å². The molecule has 0 unspecified atom stereocenters. The van der Waals surface area contributed by atoms with Crippen molar-refractivity contribution in [3.8, 4) is 44.5 Å². The Morgan fingerprint density at radius 2 is 0.500 bits per heavy atom. The first-order valence-corrected chi connectivity index (χ1v) is 26.4. The first-order valence-electron chi connectivity index (χ1n) is 26.4. The topological polar surface area (TPSA) is 6.48 Å². The fraction of sp³-hybridized carbons (Fsp3) is 0.0137. The Bertz CT molecular complexity index is 3710. The molecular formula is C73H51BN2. The van der Waals surface area contributed by atoms with Crippen molar-refractivity contribution in [3.05, 3.63) is 332 Å². The van der Waals surface area contributed by atoms with E-state index in [1.165, 1.54) is 83.1 Å². The van der Waals surface area contributed by atoms with Crippen molar-refractivity contribution in [2.45, 2.75) is 5.41 Å². The highest BCUT2D eigenvalue weighted by atomic mass is 15.2. The highest BCUT2D eigenvalue weighted by Crippen LogP contribution is 2.52. The van der Waals surface area contributed by atoms with Gasteiger partial charge in [0.15, 0.2) is 0 Å². The maximum absolute atomic E-state index is 2.56. The van der Waals surface area contributed by atoms with Gasteiger partial charge in [-0.15, -0.1) is 0 Å². The molecule has 12 aromatic carbocycles. The van der Waals surface area contributed by atoms with Crippen LogP contribution in [0.4, 0.5) is 34.1 Å². The monoisotopic (exact) mass is 966 g/mol. The van der Waals surface area contributed by atoms with Gasteiger partial charge in [0.1, 0.15) is 0 Å². The van der Waals surface area contributed by atoms with Crippen LogP contribution in [0.5, 0.6) is 0 Å². The normalized spacial score (nSPS) is 12.4. The number of hydrogen-bond donors (Lipinski definition) is 0. The second-order valence-electron chi connectivity index (χ2n) is 20.0. The van der Waals surface area contributed by atoms with Crippen LogP contribution in [0.3, 0.4) is 0 Å². The Labute approximate surface area is 446 Å². The number of rotatable bonds is 10. The molecule has 0 fully saturated rings. The lowest BCUT2D eigenvalue weighted by Gasteiger charge is -2.46. The first-order chi connectivity index (χ1) is 37.7. The van der Waals surface area contributed by atoms with E-state index >= 15 is 0 Å². The number of fused-ring (bicyclic) bond motifs is 4. The summed E-state index contributed by atoms with van der Waals surface area (Å²) in [6.07, 6.45) is 0. The van der Waals surface area contributed by atoms with Crippen LogP contribution < -0.4 is 26.2 Å². The molecule has 2 aliphatic rings. The Morgan fingerprint density at radius 3 is 0.829 bits per heavy atom. The zero-order chi connectivity index (χ0) is 50.4. The second-order valence-corrected chi connectivity index (χ2v) is 20.0. The minimum Gasteiger partial charge on any atom is -0.311 e. The minimum absolute atomic E-state index is 0.129. The van der Waals surface area contributed by atoms with Gasteiger partial charge < -0.3 is 9.80 Å². The van der Waals surface area contributed by atoms with Gasteiger partial charge in [0.25, 0.3) is 6.71 Å². The number of benzene rings is 12. The van der Waals surface area contributed by atoms with E-state index in [1.54, 1.807) is 0 Å². The molecule has 2 heterocycles. The van der Waals surface area contributed by atoms with E-state index in [9.17, 15) is 0 Å². The standard InChI is InChI=1S/C73H51BN2/c1-8-22-52(23-9-1)56-36-42-64(43-37-56)75-68-46-40-58(54-26-12-3-13-27-54)48-66(68)74-67-49-59(55-28-14-4-15-29-55)41-47-69(67)76(65-44-38-57(39-45-65)53-24-10-2-11-25-53)71-51-63(50-70(75)72(71)74)73(60-30-16-5-17-31-60,61-32-18-6-19-33-61)62-34-20-7-21-35-62/h1-51H. The summed E-state index contributed by atoms with van der Waals surface area (Å²) in [6, 6.07) is 114. The van der Waals surface area contributed by atoms with Gasteiger partial charge in [0.05, 0.1) is 5.41 Å². The highest BCUT2D eigenvalue weighted by Gasteiger charge is 2.47. The van der Waals surface area contributed by atoms with E-state index in [0.717, 1.165) is 34.1 Å². The molecule has 0 amide bonds. The molecule has 0 spiro atoms. The van der Waals surface area contributed by atoms with Crippen molar-refractivity contribution in [1.29, 1.82) is 0 Å². The predicted octanol–water partition coefficient (Wildman–Crippen LogP) is 16.8. The lowest BCUT2D eigenvalue weighted by molar-refractivity contribution is 0.745. The van der Waals surface area contributed by atoms with Crippen LogP contribution in [0.1, 0.15) is 22.3 Å². The third-order valence-electron chi connectivity index (χ3n) is 15.8. The fourth-order valence-electron chi connectivity index (χ4n) is 12.3. The van der Waals surface area contributed by atoms with Gasteiger partial charge in [-0.2, -0.15) is 0 Å². The number of hydrogen-bond acceptors (Lipinski definition) is 2. The lowest BCUT2D eigenvalue weighted by atomic mass is 9.33. The molecule has 2 nitrogen and oxygen atoms in total. The van der Waals surface area contributed by atoms with Gasteiger partial charge in [-0.25, -0.2) is 0 Å². The quantitative estimate of drug-likeness (QED) is 0.0995. The van der Waals surface area contributed by atoms with Crippen LogP contribution in [0, 0.1) is 0 Å². The molecule has 3 heteroatoms. The van der Waals surface area contributed by atoms with Crippen LogP contribution in [0.15, 0.2) is 309 Å². The maximum Gasteiger partial charge on any atom is 0.252 e. The zero-order valence-corrected chi connectivity index (χ0v) is 41.9. The summed E-state index contributed by atoms with van der Waals surface area (Å²) in [4.78, 5) is 5.12. The van der Waals surface area contributed by atoms with Gasteiger partial charge in [0, 0.05) is 34.1 Å². The number of nitrogens with zero attached hydrogens (tertiary/aromatic N) is 2. The third kappa shape index (κ3) is 7.59. The van der Waals surface area contributed by atoms with Gasteiger partial charge >= 0.3 is 0 Å². The lowest BCUT2D eigenvalue weighted by Crippen LogP contribution is -2.61. The first kappa shape index (κ1) is 45.0. The SMILES string of the molecule is c1ccc(-c2ccc(N3c4ccc(-c5ccccc5)cc4B4c5cc(-c6ccccc6)ccc5N(c5ccc(-c6ccccc6)cc5)c5cc(C(c6ccccc6)(c6ccccc6)c6ccccc6)cc3c54)cc2)cc1. The van der Waals surface area contributed by atoms with Crippen molar-refractivity contribution in [3.63, 3.8) is 0 Å². The van der Waals surface area contributed by atoms with Crippen LogP contribution in [0.25, 0.3) is 44.5 Å². The summed E-state index contributed by atoms with van der Waals surface area (Å²) in [5, 5.41) is 0. The summed E-state index contributed by atoms with van der Waals surface area (Å²) >= 11 is 0. The van der Waals surface area contributed by atoms with Crippen LogP contribution in [0.2, 0.25) is 0 Å². The Hall–Kier alpha value is -9.70. The van der Waals surface area contributed by atoms with Crippen molar-refractivity contribution in [1.82, 2.24) is 0 Å².